The van der Waals surface area contributed by atoms with Crippen LogP contribution < -0.4 is 20.6 Å². The molecule has 0 saturated carbocycles. The molecule has 0 unspecified atom stereocenters. The Morgan fingerprint density at radius 1 is 1.18 bits per heavy atom. The maximum Gasteiger partial charge on any atom is 0.330 e. The number of ether oxygens (including phenoxy) is 1. The van der Waals surface area contributed by atoms with E-state index in [0.29, 0.717) is 17.9 Å². The van der Waals surface area contributed by atoms with Gasteiger partial charge in [0.25, 0.3) is 5.91 Å². The Hall–Kier alpha value is -3.85. The van der Waals surface area contributed by atoms with Crippen molar-refractivity contribution in [2.24, 2.45) is 0 Å². The number of pyridine rings is 1. The second kappa shape index (κ2) is 9.18. The summed E-state index contributed by atoms with van der Waals surface area (Å²) in [7, 11) is 1.63. The Morgan fingerprint density at radius 3 is 2.76 bits per heavy atom. The Balaban J connectivity index is 1.27. The average molecular weight is 461 g/mol. The second-order valence-electron chi connectivity index (χ2n) is 8.44. The summed E-state index contributed by atoms with van der Waals surface area (Å²) < 4.78 is 7.17. The van der Waals surface area contributed by atoms with Crippen LogP contribution in [0.5, 0.6) is 5.75 Å². The summed E-state index contributed by atoms with van der Waals surface area (Å²) in [5, 5.41) is 2.82. The molecule has 176 valence electrons. The smallest absolute Gasteiger partial charge is 0.330 e. The largest absolute Gasteiger partial charge is 0.495 e. The highest BCUT2D eigenvalue weighted by Gasteiger charge is 2.21. The number of H-pyrrole nitrogens is 1. The zero-order chi connectivity index (χ0) is 23.7. The lowest BCUT2D eigenvalue weighted by Gasteiger charge is -2.36. The van der Waals surface area contributed by atoms with E-state index in [2.05, 4.69) is 25.1 Å². The van der Waals surface area contributed by atoms with Crippen LogP contribution in [0.4, 0.5) is 5.69 Å². The van der Waals surface area contributed by atoms with Crippen LogP contribution in [0.2, 0.25) is 0 Å². The minimum atomic E-state index is -0.160. The lowest BCUT2D eigenvalue weighted by atomic mass is 10.1. The van der Waals surface area contributed by atoms with E-state index < -0.39 is 0 Å². The molecule has 1 fully saturated rings. The Kier molecular flexibility index (Phi) is 5.93. The number of hydrogen-bond donors (Lipinski definition) is 2. The van der Waals surface area contributed by atoms with Gasteiger partial charge in [-0.1, -0.05) is 0 Å². The van der Waals surface area contributed by atoms with Gasteiger partial charge in [0.2, 0.25) is 0 Å². The molecule has 0 atom stereocenters. The molecule has 0 aliphatic carbocycles. The molecule has 0 radical (unpaired) electrons. The summed E-state index contributed by atoms with van der Waals surface area (Å²) in [5.41, 5.74) is 4.86. The molecular formula is C25H28N6O3. The Bertz CT molecular complexity index is 1400. The van der Waals surface area contributed by atoms with E-state index in [-0.39, 0.29) is 11.6 Å². The zero-order valence-electron chi connectivity index (χ0n) is 19.4. The van der Waals surface area contributed by atoms with E-state index >= 15 is 0 Å². The fraction of sp³-hybridized carbons (Fsp3) is 0.320. The number of benzene rings is 1. The summed E-state index contributed by atoms with van der Waals surface area (Å²) in [6.45, 7) is 6.71. The minimum absolute atomic E-state index is 0.0970. The third kappa shape index (κ3) is 4.10. The monoisotopic (exact) mass is 460 g/mol. The first kappa shape index (κ1) is 22.0. The number of nitrogens with one attached hydrogen (secondary N) is 2. The van der Waals surface area contributed by atoms with E-state index in [4.69, 9.17) is 4.74 Å². The van der Waals surface area contributed by atoms with Gasteiger partial charge >= 0.3 is 5.69 Å². The van der Waals surface area contributed by atoms with E-state index in [1.165, 1.54) is 0 Å². The number of nitrogens with zero attached hydrogens (tertiary/aromatic N) is 4. The predicted octanol–water partition coefficient (Wildman–Crippen LogP) is 2.26. The van der Waals surface area contributed by atoms with Crippen molar-refractivity contribution in [2.75, 3.05) is 44.7 Å². The van der Waals surface area contributed by atoms with E-state index in [1.807, 2.05) is 43.5 Å². The van der Waals surface area contributed by atoms with Crippen molar-refractivity contribution in [1.29, 1.82) is 0 Å². The minimum Gasteiger partial charge on any atom is -0.495 e. The van der Waals surface area contributed by atoms with Crippen LogP contribution in [-0.4, -0.2) is 65.0 Å². The SMILES string of the molecule is CCNC(=O)c1ccc(N2CCN(Cc3cnc4c(c3)[nH]c(=O)n3cccc43)CC2)c(OC)c1. The number of anilines is 1. The molecule has 3 aromatic heterocycles. The molecule has 1 aliphatic rings. The molecule has 1 aliphatic heterocycles. The molecule has 34 heavy (non-hydrogen) atoms. The average Bonchev–Trinajstić information content (AvgIpc) is 3.35. The van der Waals surface area contributed by atoms with Crippen LogP contribution in [0.1, 0.15) is 22.8 Å². The maximum atomic E-state index is 12.3. The van der Waals surface area contributed by atoms with Gasteiger partial charge in [-0.05, 0) is 48.9 Å². The summed E-state index contributed by atoms with van der Waals surface area (Å²) in [4.78, 5) is 36.7. The van der Waals surface area contributed by atoms with E-state index in [1.54, 1.807) is 23.8 Å². The number of carbonyl (C=O) groups is 1. The van der Waals surface area contributed by atoms with E-state index in [9.17, 15) is 9.59 Å². The molecular weight excluding hydrogens is 432 g/mol. The standard InChI is InChI=1S/C25H28N6O3/c1-3-26-24(32)18-6-7-20(22(14-18)34-2)30-11-9-29(10-12-30)16-17-13-19-23(27-15-17)21-5-4-8-31(21)25(33)28-19/h4-8,13-15H,3,9-12,16H2,1-2H3,(H,26,32)(H,28,33). The number of piperazine rings is 1. The predicted molar refractivity (Wildman–Crippen MR) is 132 cm³/mol. The van der Waals surface area contributed by atoms with Crippen molar-refractivity contribution in [3.05, 3.63) is 70.4 Å². The second-order valence-corrected chi connectivity index (χ2v) is 8.44. The van der Waals surface area contributed by atoms with Crippen molar-refractivity contribution in [3.63, 3.8) is 0 Å². The number of amides is 1. The normalized spacial score (nSPS) is 14.6. The lowest BCUT2D eigenvalue weighted by Crippen LogP contribution is -2.46. The molecule has 4 heterocycles. The number of methoxy groups -OCH3 is 1. The first-order chi connectivity index (χ1) is 16.6. The highest BCUT2D eigenvalue weighted by molar-refractivity contribution is 5.95. The molecule has 1 aromatic carbocycles. The molecule has 4 aromatic rings. The van der Waals surface area contributed by atoms with Crippen LogP contribution in [0.3, 0.4) is 0 Å². The van der Waals surface area contributed by atoms with Gasteiger partial charge in [-0.15, -0.1) is 0 Å². The van der Waals surface area contributed by atoms with Gasteiger partial charge in [-0.3, -0.25) is 19.1 Å². The number of rotatable bonds is 6. The Labute approximate surface area is 197 Å². The van der Waals surface area contributed by atoms with Gasteiger partial charge in [-0.2, -0.15) is 0 Å². The van der Waals surface area contributed by atoms with Gasteiger partial charge in [0, 0.05) is 57.2 Å². The van der Waals surface area contributed by atoms with Crippen LogP contribution in [0.15, 0.2) is 53.6 Å². The molecule has 1 amide bonds. The number of aromatic nitrogens is 3. The van der Waals surface area contributed by atoms with Gasteiger partial charge in [0.1, 0.15) is 11.3 Å². The van der Waals surface area contributed by atoms with Crippen LogP contribution in [0.25, 0.3) is 16.6 Å². The summed E-state index contributed by atoms with van der Waals surface area (Å²) in [6, 6.07) is 11.4. The highest BCUT2D eigenvalue weighted by Crippen LogP contribution is 2.30. The third-order valence-corrected chi connectivity index (χ3v) is 6.29. The molecule has 1 saturated heterocycles. The fourth-order valence-corrected chi connectivity index (χ4v) is 4.57. The van der Waals surface area contributed by atoms with Crippen molar-refractivity contribution in [1.82, 2.24) is 24.6 Å². The highest BCUT2D eigenvalue weighted by atomic mass is 16.5. The van der Waals surface area contributed by atoms with Gasteiger partial charge in [-0.25, -0.2) is 4.79 Å². The number of carbonyl (C=O) groups excluding carboxylic acids is 1. The zero-order valence-corrected chi connectivity index (χ0v) is 19.4. The van der Waals surface area contributed by atoms with Crippen molar-refractivity contribution < 1.29 is 9.53 Å². The third-order valence-electron chi connectivity index (χ3n) is 6.29. The Morgan fingerprint density at radius 2 is 2.00 bits per heavy atom. The molecule has 2 N–H and O–H groups in total. The molecule has 9 nitrogen and oxygen atoms in total. The first-order valence-electron chi connectivity index (χ1n) is 11.5. The van der Waals surface area contributed by atoms with Crippen LogP contribution in [-0.2, 0) is 6.54 Å². The number of hydrogen-bond acceptors (Lipinski definition) is 6. The van der Waals surface area contributed by atoms with Crippen molar-refractivity contribution >= 4 is 28.1 Å². The molecule has 0 spiro atoms. The topological polar surface area (TPSA) is 95.0 Å². The molecule has 5 rings (SSSR count). The summed E-state index contributed by atoms with van der Waals surface area (Å²) in [5.74, 6) is 0.608. The van der Waals surface area contributed by atoms with E-state index in [0.717, 1.165) is 60.5 Å². The summed E-state index contributed by atoms with van der Waals surface area (Å²) >= 11 is 0. The van der Waals surface area contributed by atoms with Gasteiger partial charge < -0.3 is 19.9 Å². The van der Waals surface area contributed by atoms with Crippen molar-refractivity contribution in [3.8, 4) is 5.75 Å². The molecule has 9 heteroatoms. The maximum absolute atomic E-state index is 12.3. The number of fused-ring (bicyclic) bond motifs is 3. The quantitative estimate of drug-likeness (QED) is 0.458. The van der Waals surface area contributed by atoms with Crippen LogP contribution >= 0.6 is 0 Å². The van der Waals surface area contributed by atoms with Crippen molar-refractivity contribution in [2.45, 2.75) is 13.5 Å². The molecule has 0 bridgehead atoms. The lowest BCUT2D eigenvalue weighted by molar-refractivity contribution is 0.0955. The van der Waals surface area contributed by atoms with Gasteiger partial charge in [0.05, 0.1) is 23.8 Å². The van der Waals surface area contributed by atoms with Crippen LogP contribution in [0, 0.1) is 0 Å². The summed E-state index contributed by atoms with van der Waals surface area (Å²) in [6.07, 6.45) is 3.63. The fourth-order valence-electron chi connectivity index (χ4n) is 4.57. The number of aromatic amines is 1. The first-order valence-corrected chi connectivity index (χ1v) is 11.5. The van der Waals surface area contributed by atoms with Gasteiger partial charge in [0.15, 0.2) is 0 Å².